The topological polar surface area (TPSA) is 96.4 Å². The molecule has 0 amide bonds. The molecule has 2 unspecified atom stereocenters. The molecule has 4 heterocycles. The van der Waals surface area contributed by atoms with Crippen LogP contribution in [0.1, 0.15) is 76.6 Å². The van der Waals surface area contributed by atoms with Gasteiger partial charge in [0.1, 0.15) is 17.5 Å². The molecule has 5 rings (SSSR count). The van der Waals surface area contributed by atoms with E-state index >= 15 is 8.78 Å². The number of aromatic nitrogens is 1. The number of carbonyl (C=O) groups excluding carboxylic acids is 2. The van der Waals surface area contributed by atoms with E-state index < -0.39 is 53.4 Å². The largest absolute Gasteiger partial charge is 0.463 e. The minimum Gasteiger partial charge on any atom is -0.463 e. The van der Waals surface area contributed by atoms with Gasteiger partial charge in [-0.3, -0.25) is 19.6 Å². The van der Waals surface area contributed by atoms with E-state index in [-0.39, 0.29) is 24.7 Å². The quantitative estimate of drug-likeness (QED) is 0.323. The van der Waals surface area contributed by atoms with Crippen molar-refractivity contribution >= 4 is 29.1 Å². The lowest BCUT2D eigenvalue weighted by atomic mass is 9.88. The molecule has 1 aromatic heterocycles. The number of halogens is 3. The molecule has 2 aromatic rings. The predicted octanol–water partition coefficient (Wildman–Crippen LogP) is 5.65. The van der Waals surface area contributed by atoms with Gasteiger partial charge in [-0.2, -0.15) is 0 Å². The molecule has 9 nitrogen and oxygen atoms in total. The van der Waals surface area contributed by atoms with Gasteiger partial charge in [0.15, 0.2) is 10.8 Å². The third-order valence-electron chi connectivity index (χ3n) is 8.98. The highest BCUT2D eigenvalue weighted by Gasteiger charge is 2.59. The van der Waals surface area contributed by atoms with E-state index in [2.05, 4.69) is 10.3 Å². The third kappa shape index (κ3) is 7.41. The summed E-state index contributed by atoms with van der Waals surface area (Å²) in [4.78, 5) is 39.1. The number of esters is 2. The Morgan fingerprint density at radius 2 is 1.91 bits per heavy atom. The lowest BCUT2D eigenvalue weighted by Gasteiger charge is -2.33. The first-order chi connectivity index (χ1) is 22.0. The van der Waals surface area contributed by atoms with Gasteiger partial charge in [0.2, 0.25) is 0 Å². The van der Waals surface area contributed by atoms with Crippen molar-refractivity contribution in [3.8, 4) is 0 Å². The van der Waals surface area contributed by atoms with Crippen molar-refractivity contribution in [1.29, 1.82) is 0 Å². The molecule has 3 aliphatic heterocycles. The minimum absolute atomic E-state index is 0.00257. The van der Waals surface area contributed by atoms with E-state index in [9.17, 15) is 14.0 Å². The molecule has 0 aliphatic carbocycles. The Morgan fingerprint density at radius 3 is 2.57 bits per heavy atom. The van der Waals surface area contributed by atoms with Crippen molar-refractivity contribution in [2.75, 3.05) is 32.8 Å². The molecule has 0 saturated carbocycles. The Kier molecular flexibility index (Phi) is 9.92. The second-order valence-electron chi connectivity index (χ2n) is 14.0. The number of rotatable bonds is 10. The van der Waals surface area contributed by atoms with Crippen LogP contribution in [0.5, 0.6) is 0 Å². The molecule has 13 heteroatoms. The van der Waals surface area contributed by atoms with E-state index in [4.69, 9.17) is 14.5 Å². The predicted molar refractivity (Wildman–Crippen MR) is 174 cm³/mol. The molecule has 1 aromatic carbocycles. The zero-order valence-electron chi connectivity index (χ0n) is 28.0. The van der Waals surface area contributed by atoms with Crippen LogP contribution in [0.2, 0.25) is 0 Å². The average Bonchev–Trinajstić information content (AvgIpc) is 3.71. The monoisotopic (exact) mass is 675 g/mol. The summed E-state index contributed by atoms with van der Waals surface area (Å²) in [6.45, 7) is 12.6. The van der Waals surface area contributed by atoms with Crippen molar-refractivity contribution in [3.63, 3.8) is 0 Å². The standard InChI is InChI=1S/C34H44F3N5O4S/c1-8-45-30(43)25-23(39-28(29-38-14-17-47-29)40-26(25)21-10-9-11-22(35)20(21)2)18-42-19-34(36,37)27-24(42)12-15-41(27)16-13-33(6,7)31(44)46-32(3,4)5/h9-11,14,17,24,26-27H,8,12-13,15-16,18-19H2,1-7H3,(H,39,40)/t24?,26-,27?/m0/s1. The van der Waals surface area contributed by atoms with Gasteiger partial charge in [-0.15, -0.1) is 11.3 Å². The Morgan fingerprint density at radius 1 is 1.17 bits per heavy atom. The Balaban J connectivity index is 1.45. The van der Waals surface area contributed by atoms with Gasteiger partial charge in [0.25, 0.3) is 5.92 Å². The lowest BCUT2D eigenvalue weighted by molar-refractivity contribution is -0.166. The second-order valence-corrected chi connectivity index (χ2v) is 14.9. The highest BCUT2D eigenvalue weighted by molar-refractivity contribution is 7.11. The molecule has 0 radical (unpaired) electrons. The molecule has 0 spiro atoms. The number of aliphatic imine (C=N–C) groups is 1. The van der Waals surface area contributed by atoms with Gasteiger partial charge in [0, 0.05) is 36.4 Å². The van der Waals surface area contributed by atoms with Crippen LogP contribution in [0, 0.1) is 18.2 Å². The van der Waals surface area contributed by atoms with Crippen LogP contribution >= 0.6 is 11.3 Å². The lowest BCUT2D eigenvalue weighted by Crippen LogP contribution is -2.47. The number of alkyl halides is 2. The van der Waals surface area contributed by atoms with E-state index in [1.807, 2.05) is 0 Å². The number of hydrogen-bond donors (Lipinski definition) is 1. The summed E-state index contributed by atoms with van der Waals surface area (Å²) >= 11 is 1.34. The van der Waals surface area contributed by atoms with Crippen LogP contribution < -0.4 is 5.32 Å². The zero-order chi connectivity index (χ0) is 34.3. The summed E-state index contributed by atoms with van der Waals surface area (Å²) in [5, 5.41) is 5.57. The maximum absolute atomic E-state index is 15.9. The summed E-state index contributed by atoms with van der Waals surface area (Å²) in [5.41, 5.74) is -0.159. The van der Waals surface area contributed by atoms with Gasteiger partial charge in [-0.05, 0) is 85.0 Å². The molecule has 47 heavy (non-hydrogen) atoms. The molecule has 3 atom stereocenters. The molecule has 3 aliphatic rings. The zero-order valence-corrected chi connectivity index (χ0v) is 28.8. The number of likely N-dealkylation sites (tertiary alicyclic amines) is 2. The SMILES string of the molecule is CCOC(=O)C1=C(CN2CC(F)(F)C3C2CCN3CCC(C)(C)C(=O)OC(C)(C)C)NC(c2nccs2)=N[C@H]1c1cccc(F)c1C. The van der Waals surface area contributed by atoms with E-state index in [0.29, 0.717) is 53.6 Å². The fourth-order valence-corrected chi connectivity index (χ4v) is 7.17. The van der Waals surface area contributed by atoms with Gasteiger partial charge in [-0.25, -0.2) is 22.9 Å². The number of ether oxygens (including phenoxy) is 2. The maximum Gasteiger partial charge on any atom is 0.338 e. The smallest absolute Gasteiger partial charge is 0.338 e. The summed E-state index contributed by atoms with van der Waals surface area (Å²) < 4.78 is 57.6. The average molecular weight is 676 g/mol. The fraction of sp³-hybridized carbons (Fsp3) is 0.588. The van der Waals surface area contributed by atoms with E-state index in [0.717, 1.165) is 0 Å². The summed E-state index contributed by atoms with van der Waals surface area (Å²) in [6.07, 6.45) is 2.48. The van der Waals surface area contributed by atoms with Crippen LogP contribution in [0.3, 0.4) is 0 Å². The number of thiazole rings is 1. The van der Waals surface area contributed by atoms with Crippen LogP contribution in [-0.4, -0.2) is 89.0 Å². The Bertz CT molecular complexity index is 1550. The fourth-order valence-electron chi connectivity index (χ4n) is 6.58. The van der Waals surface area contributed by atoms with Crippen molar-refractivity contribution in [2.24, 2.45) is 10.4 Å². The number of carbonyl (C=O) groups is 2. The minimum atomic E-state index is -3.04. The van der Waals surface area contributed by atoms with Gasteiger partial charge < -0.3 is 14.8 Å². The summed E-state index contributed by atoms with van der Waals surface area (Å²) in [6, 6.07) is 2.12. The number of hydrogen-bond acceptors (Lipinski definition) is 10. The summed E-state index contributed by atoms with van der Waals surface area (Å²) in [5.74, 6) is -4.12. The van der Waals surface area contributed by atoms with Crippen molar-refractivity contribution < 1.29 is 32.2 Å². The van der Waals surface area contributed by atoms with Gasteiger partial charge in [0.05, 0.1) is 30.2 Å². The highest BCUT2D eigenvalue weighted by atomic mass is 32.1. The van der Waals surface area contributed by atoms with Crippen LogP contribution in [0.4, 0.5) is 13.2 Å². The van der Waals surface area contributed by atoms with Crippen LogP contribution in [0.25, 0.3) is 0 Å². The molecular weight excluding hydrogens is 631 g/mol. The molecule has 2 saturated heterocycles. The van der Waals surface area contributed by atoms with Crippen LogP contribution in [-0.2, 0) is 19.1 Å². The number of nitrogens with zero attached hydrogens (tertiary/aromatic N) is 4. The second kappa shape index (κ2) is 13.3. The van der Waals surface area contributed by atoms with Crippen molar-refractivity contribution in [2.45, 2.75) is 91.0 Å². The molecule has 0 bridgehead atoms. The van der Waals surface area contributed by atoms with E-state index in [1.165, 1.54) is 17.4 Å². The Hall–Kier alpha value is -3.29. The normalized spacial score (nSPS) is 23.4. The first-order valence-corrected chi connectivity index (χ1v) is 16.9. The third-order valence-corrected chi connectivity index (χ3v) is 9.76. The number of amidine groups is 1. The van der Waals surface area contributed by atoms with Crippen molar-refractivity contribution in [1.82, 2.24) is 20.1 Å². The first-order valence-electron chi connectivity index (χ1n) is 16.0. The molecule has 2 fully saturated rings. The Labute approximate surface area is 278 Å². The number of nitrogens with one attached hydrogen (secondary N) is 1. The molecule has 256 valence electrons. The highest BCUT2D eigenvalue weighted by Crippen LogP contribution is 2.43. The number of fused-ring (bicyclic) bond motifs is 1. The van der Waals surface area contributed by atoms with Gasteiger partial charge in [-0.1, -0.05) is 12.1 Å². The van der Waals surface area contributed by atoms with E-state index in [1.54, 1.807) is 82.0 Å². The summed E-state index contributed by atoms with van der Waals surface area (Å²) in [7, 11) is 0. The maximum atomic E-state index is 15.9. The molecular formula is C34H44F3N5O4S. The van der Waals surface area contributed by atoms with Crippen molar-refractivity contribution in [3.05, 3.63) is 63.0 Å². The molecule has 1 N–H and O–H groups in total. The number of benzene rings is 1. The van der Waals surface area contributed by atoms with Gasteiger partial charge >= 0.3 is 11.9 Å². The van der Waals surface area contributed by atoms with Crippen LogP contribution in [0.15, 0.2) is 46.0 Å². The first kappa shape index (κ1) is 35.0.